The van der Waals surface area contributed by atoms with Crippen molar-refractivity contribution in [2.24, 2.45) is 0 Å². The molecule has 2 aromatic heterocycles. The first kappa shape index (κ1) is 9.02. The van der Waals surface area contributed by atoms with Gasteiger partial charge in [0, 0.05) is 6.20 Å². The van der Waals surface area contributed by atoms with E-state index in [4.69, 9.17) is 16.7 Å². The number of aliphatic carboxylic acids is 1. The summed E-state index contributed by atoms with van der Waals surface area (Å²) in [6.07, 6.45) is 3.22. The maximum Gasteiger partial charge on any atom is 0.309 e. The van der Waals surface area contributed by atoms with E-state index in [1.54, 1.807) is 29.1 Å². The monoisotopic (exact) mass is 210 g/mol. The third-order valence-corrected chi connectivity index (χ3v) is 2.21. The van der Waals surface area contributed by atoms with Crippen molar-refractivity contribution in [3.8, 4) is 0 Å². The maximum absolute atomic E-state index is 10.5. The molecule has 0 atom stereocenters. The fourth-order valence-corrected chi connectivity index (χ4v) is 1.63. The van der Waals surface area contributed by atoms with E-state index in [9.17, 15) is 4.79 Å². The first-order valence-corrected chi connectivity index (χ1v) is 4.38. The Morgan fingerprint density at radius 2 is 2.43 bits per heavy atom. The van der Waals surface area contributed by atoms with Crippen molar-refractivity contribution in [2.75, 3.05) is 0 Å². The van der Waals surface area contributed by atoms with E-state index >= 15 is 0 Å². The molecule has 14 heavy (non-hydrogen) atoms. The van der Waals surface area contributed by atoms with Crippen molar-refractivity contribution in [1.29, 1.82) is 0 Å². The van der Waals surface area contributed by atoms with Gasteiger partial charge in [0.05, 0.1) is 29.0 Å². The van der Waals surface area contributed by atoms with Crippen molar-refractivity contribution in [2.45, 2.75) is 6.42 Å². The molecule has 0 aliphatic heterocycles. The number of carboxylic acid groups (broad SMARTS) is 1. The van der Waals surface area contributed by atoms with Gasteiger partial charge in [-0.25, -0.2) is 4.98 Å². The molecule has 2 rings (SSSR count). The number of hydrogen-bond acceptors (Lipinski definition) is 2. The predicted molar refractivity (Wildman–Crippen MR) is 51.5 cm³/mol. The number of aromatic nitrogens is 2. The molecule has 5 heteroatoms. The molecule has 0 amide bonds. The van der Waals surface area contributed by atoms with E-state index in [1.807, 2.05) is 0 Å². The van der Waals surface area contributed by atoms with Gasteiger partial charge in [-0.15, -0.1) is 0 Å². The van der Waals surface area contributed by atoms with E-state index in [0.29, 0.717) is 16.2 Å². The fourth-order valence-electron chi connectivity index (χ4n) is 1.35. The van der Waals surface area contributed by atoms with Gasteiger partial charge in [0.2, 0.25) is 0 Å². The van der Waals surface area contributed by atoms with Crippen molar-refractivity contribution in [3.63, 3.8) is 0 Å². The van der Waals surface area contributed by atoms with Crippen LogP contribution in [-0.2, 0) is 11.2 Å². The number of fused-ring (bicyclic) bond motifs is 1. The lowest BCUT2D eigenvalue weighted by Crippen LogP contribution is -2.00. The number of nitrogens with zero attached hydrogens (tertiary/aromatic N) is 2. The number of pyridine rings is 1. The van der Waals surface area contributed by atoms with Crippen LogP contribution < -0.4 is 0 Å². The molecule has 0 fully saturated rings. The van der Waals surface area contributed by atoms with Crippen LogP contribution in [0.3, 0.4) is 0 Å². The van der Waals surface area contributed by atoms with E-state index in [0.717, 1.165) is 0 Å². The van der Waals surface area contributed by atoms with Gasteiger partial charge in [-0.1, -0.05) is 11.6 Å². The molecule has 0 aromatic carbocycles. The van der Waals surface area contributed by atoms with Crippen LogP contribution in [0, 0.1) is 0 Å². The minimum Gasteiger partial charge on any atom is -0.481 e. The summed E-state index contributed by atoms with van der Waals surface area (Å²) in [4.78, 5) is 14.5. The second kappa shape index (κ2) is 3.31. The van der Waals surface area contributed by atoms with Gasteiger partial charge >= 0.3 is 5.97 Å². The third kappa shape index (κ3) is 1.44. The van der Waals surface area contributed by atoms with Crippen LogP contribution in [0.25, 0.3) is 5.52 Å². The lowest BCUT2D eigenvalue weighted by Gasteiger charge is -1.97. The Morgan fingerprint density at radius 1 is 1.64 bits per heavy atom. The number of carbonyl (C=O) groups is 1. The molecule has 0 spiro atoms. The normalized spacial score (nSPS) is 10.6. The third-order valence-electron chi connectivity index (χ3n) is 1.90. The Labute approximate surface area is 84.8 Å². The lowest BCUT2D eigenvalue weighted by atomic mass is 10.2. The molecule has 0 saturated carbocycles. The van der Waals surface area contributed by atoms with Crippen molar-refractivity contribution in [1.82, 2.24) is 9.38 Å². The highest BCUT2D eigenvalue weighted by atomic mass is 35.5. The fraction of sp³-hybridized carbons (Fsp3) is 0.111. The highest BCUT2D eigenvalue weighted by Crippen LogP contribution is 2.20. The molecule has 2 heterocycles. The molecule has 0 aliphatic carbocycles. The SMILES string of the molecule is O=C(O)Cc1ncn2cccc(Cl)c12. The van der Waals surface area contributed by atoms with Gasteiger partial charge < -0.3 is 9.51 Å². The minimum absolute atomic E-state index is 0.111. The van der Waals surface area contributed by atoms with E-state index in [-0.39, 0.29) is 6.42 Å². The Hall–Kier alpha value is -1.55. The topological polar surface area (TPSA) is 54.6 Å². The molecule has 0 aliphatic rings. The van der Waals surface area contributed by atoms with Crippen LogP contribution in [0.4, 0.5) is 0 Å². The first-order chi connectivity index (χ1) is 6.68. The largest absolute Gasteiger partial charge is 0.481 e. The van der Waals surface area contributed by atoms with Gasteiger partial charge in [-0.05, 0) is 12.1 Å². The van der Waals surface area contributed by atoms with Crippen molar-refractivity contribution < 1.29 is 9.90 Å². The zero-order valence-corrected chi connectivity index (χ0v) is 7.90. The molecule has 4 nitrogen and oxygen atoms in total. The zero-order valence-electron chi connectivity index (χ0n) is 7.14. The summed E-state index contributed by atoms with van der Waals surface area (Å²) >= 11 is 5.93. The zero-order chi connectivity index (χ0) is 10.1. The average molecular weight is 211 g/mol. The molecular formula is C9H7ClN2O2. The standard InChI is InChI=1S/C9H7ClN2O2/c10-6-2-1-3-12-5-11-7(9(6)12)4-8(13)14/h1-3,5H,4H2,(H,13,14). The predicted octanol–water partition coefficient (Wildman–Crippen LogP) is 1.61. The van der Waals surface area contributed by atoms with E-state index in [1.165, 1.54) is 0 Å². The van der Waals surface area contributed by atoms with Crippen molar-refractivity contribution in [3.05, 3.63) is 35.4 Å². The molecule has 0 radical (unpaired) electrons. The number of carboxylic acids is 1. The molecule has 2 aromatic rings. The maximum atomic E-state index is 10.5. The average Bonchev–Trinajstić information content (AvgIpc) is 2.49. The highest BCUT2D eigenvalue weighted by molar-refractivity contribution is 6.34. The van der Waals surface area contributed by atoms with E-state index < -0.39 is 5.97 Å². The van der Waals surface area contributed by atoms with Crippen LogP contribution in [0.1, 0.15) is 5.69 Å². The minimum atomic E-state index is -0.912. The molecule has 1 N–H and O–H groups in total. The summed E-state index contributed by atoms with van der Waals surface area (Å²) in [5, 5.41) is 9.16. The summed E-state index contributed by atoms with van der Waals surface area (Å²) in [6.45, 7) is 0. The van der Waals surface area contributed by atoms with Crippen LogP contribution in [-0.4, -0.2) is 20.5 Å². The quantitative estimate of drug-likeness (QED) is 0.820. The summed E-state index contributed by atoms with van der Waals surface area (Å²) in [5.41, 5.74) is 1.15. The molecule has 0 saturated heterocycles. The van der Waals surface area contributed by atoms with Crippen LogP contribution in [0.15, 0.2) is 24.7 Å². The Morgan fingerprint density at radius 3 is 3.14 bits per heavy atom. The van der Waals surface area contributed by atoms with Gasteiger partial charge in [0.15, 0.2) is 0 Å². The van der Waals surface area contributed by atoms with Crippen LogP contribution in [0.5, 0.6) is 0 Å². The number of hydrogen-bond donors (Lipinski definition) is 1. The number of imidazole rings is 1. The summed E-state index contributed by atoms with van der Waals surface area (Å²) in [6, 6.07) is 3.49. The van der Waals surface area contributed by atoms with Gasteiger partial charge in [0.1, 0.15) is 0 Å². The Bertz CT molecular complexity index is 493. The molecule has 0 bridgehead atoms. The second-order valence-electron chi connectivity index (χ2n) is 2.87. The van der Waals surface area contributed by atoms with E-state index in [2.05, 4.69) is 4.98 Å². The summed E-state index contributed by atoms with van der Waals surface area (Å²) in [7, 11) is 0. The van der Waals surface area contributed by atoms with Crippen LogP contribution in [0.2, 0.25) is 5.02 Å². The summed E-state index contributed by atoms with van der Waals surface area (Å²) < 4.78 is 1.71. The molecular weight excluding hydrogens is 204 g/mol. The molecule has 0 unspecified atom stereocenters. The Kier molecular flexibility index (Phi) is 2.13. The van der Waals surface area contributed by atoms with Crippen molar-refractivity contribution >= 4 is 23.1 Å². The van der Waals surface area contributed by atoms with Gasteiger partial charge in [0.25, 0.3) is 0 Å². The first-order valence-electron chi connectivity index (χ1n) is 4.00. The second-order valence-corrected chi connectivity index (χ2v) is 3.28. The molecule has 72 valence electrons. The summed E-state index contributed by atoms with van der Waals surface area (Å²) in [5.74, 6) is -0.912. The van der Waals surface area contributed by atoms with Gasteiger partial charge in [-0.2, -0.15) is 0 Å². The highest BCUT2D eigenvalue weighted by Gasteiger charge is 2.10. The van der Waals surface area contributed by atoms with Crippen LogP contribution >= 0.6 is 11.6 Å². The lowest BCUT2D eigenvalue weighted by molar-refractivity contribution is -0.136. The van der Waals surface area contributed by atoms with Gasteiger partial charge in [-0.3, -0.25) is 4.79 Å². The number of halogens is 1. The number of rotatable bonds is 2. The smallest absolute Gasteiger partial charge is 0.309 e. The Balaban J connectivity index is 2.61.